The molecule has 0 saturated heterocycles. The summed E-state index contributed by atoms with van der Waals surface area (Å²) in [5.74, 6) is -7.83. The molecule has 0 aliphatic rings. The summed E-state index contributed by atoms with van der Waals surface area (Å²) >= 11 is 0. The number of carbonyl (C=O) groups excluding carboxylic acids is 6. The predicted molar refractivity (Wildman–Crippen MR) is 107 cm³/mol. The fraction of sp³-hybridized carbons (Fsp3) is 0.714. The Labute approximate surface area is 236 Å². The zero-order valence-electron chi connectivity index (χ0n) is 20.0. The first-order valence-corrected chi connectivity index (χ1v) is 10.5. The molecule has 222 valence electrons. The number of alkyl halides is 9. The van der Waals surface area contributed by atoms with Crippen molar-refractivity contribution >= 4 is 34.7 Å². The van der Waals surface area contributed by atoms with E-state index in [4.69, 9.17) is 0 Å². The molecule has 0 aromatic rings. The molecule has 0 fully saturated rings. The van der Waals surface area contributed by atoms with Crippen molar-refractivity contribution in [2.75, 3.05) is 0 Å². The molecule has 0 bridgehead atoms. The molecule has 0 unspecified atom stereocenters. The van der Waals surface area contributed by atoms with Crippen LogP contribution in [0, 0.1) is 37.3 Å². The monoisotopic (exact) mass is 712 g/mol. The molecule has 0 amide bonds. The minimum atomic E-state index is -4.87. The van der Waals surface area contributed by atoms with Crippen LogP contribution in [0.25, 0.3) is 0 Å². The van der Waals surface area contributed by atoms with Crippen molar-refractivity contribution in [3.63, 3.8) is 0 Å². The molecular weight excluding hydrogens is 686 g/mol. The van der Waals surface area contributed by atoms with Crippen LogP contribution in [0.2, 0.25) is 0 Å². The van der Waals surface area contributed by atoms with Gasteiger partial charge in [-0.05, 0) is 19.3 Å². The molecule has 6 nitrogen and oxygen atoms in total. The van der Waals surface area contributed by atoms with Crippen LogP contribution >= 0.6 is 0 Å². The molecule has 0 aliphatic heterocycles. The second-order valence-corrected chi connectivity index (χ2v) is 7.16. The van der Waals surface area contributed by atoms with E-state index in [1.807, 2.05) is 0 Å². The molecule has 0 N–H and O–H groups in total. The Bertz CT molecular complexity index is 657. The normalized spacial score (nSPS) is 11.0. The summed E-state index contributed by atoms with van der Waals surface area (Å²) in [6.07, 6.45) is -16.2. The van der Waals surface area contributed by atoms with E-state index in [0.29, 0.717) is 19.3 Å². The van der Waals surface area contributed by atoms with E-state index in [0.717, 1.165) is 0 Å². The van der Waals surface area contributed by atoms with Gasteiger partial charge in [0.15, 0.2) is 0 Å². The third kappa shape index (κ3) is 26.0. The van der Waals surface area contributed by atoms with Gasteiger partial charge in [-0.1, -0.05) is 20.8 Å². The van der Waals surface area contributed by atoms with Gasteiger partial charge in [0.1, 0.15) is 17.3 Å². The van der Waals surface area contributed by atoms with E-state index in [1.54, 1.807) is 20.8 Å². The van der Waals surface area contributed by atoms with Gasteiger partial charge in [0.25, 0.3) is 0 Å². The second kappa shape index (κ2) is 20.6. The van der Waals surface area contributed by atoms with Gasteiger partial charge in [-0.25, -0.2) is 0 Å². The third-order valence-electron chi connectivity index (χ3n) is 3.61. The summed E-state index contributed by atoms with van der Waals surface area (Å²) in [6, 6.07) is 0. The van der Waals surface area contributed by atoms with Crippen LogP contribution in [0.4, 0.5) is 39.5 Å². The average molecular weight is 714 g/mol. The second-order valence-electron chi connectivity index (χ2n) is 7.16. The zero-order chi connectivity index (χ0) is 29.3. The Morgan fingerprint density at radius 2 is 0.595 bits per heavy atom. The summed E-state index contributed by atoms with van der Waals surface area (Å²) in [5, 5.41) is 0. The molecular formula is C21H27ErF9O6. The Hall–Kier alpha value is -1.36. The standard InChI is InChI=1S/3C7H9F3O2.Er/c3*1-2-3-5(11)4-6(12)7(8,9)10;/h3*2-4H2,1H3;. The quantitative estimate of drug-likeness (QED) is 0.192. The van der Waals surface area contributed by atoms with Gasteiger partial charge in [-0.2, -0.15) is 39.5 Å². The Morgan fingerprint density at radius 1 is 0.432 bits per heavy atom. The van der Waals surface area contributed by atoms with Gasteiger partial charge in [0.05, 0.1) is 19.3 Å². The van der Waals surface area contributed by atoms with Gasteiger partial charge in [-0.3, -0.25) is 28.8 Å². The summed E-state index contributed by atoms with van der Waals surface area (Å²) in [7, 11) is 0. The van der Waals surface area contributed by atoms with Gasteiger partial charge >= 0.3 is 18.5 Å². The van der Waals surface area contributed by atoms with Crippen molar-refractivity contribution in [1.29, 1.82) is 0 Å². The maximum absolute atomic E-state index is 11.5. The largest absolute Gasteiger partial charge is 0.450 e. The predicted octanol–water partition coefficient (Wildman–Crippen LogP) is 5.63. The third-order valence-corrected chi connectivity index (χ3v) is 3.61. The van der Waals surface area contributed by atoms with Gasteiger partial charge in [0, 0.05) is 56.6 Å². The van der Waals surface area contributed by atoms with Crippen molar-refractivity contribution in [2.24, 2.45) is 0 Å². The molecule has 0 aromatic carbocycles. The molecule has 0 atom stereocenters. The topological polar surface area (TPSA) is 102 Å². The van der Waals surface area contributed by atoms with E-state index in [1.165, 1.54) is 0 Å². The maximum Gasteiger partial charge on any atom is 0.450 e. The van der Waals surface area contributed by atoms with Crippen LogP contribution in [0.15, 0.2) is 0 Å². The van der Waals surface area contributed by atoms with E-state index in [2.05, 4.69) is 0 Å². The minimum Gasteiger partial charge on any atom is -0.299 e. The molecule has 16 heteroatoms. The summed E-state index contributed by atoms with van der Waals surface area (Å²) in [5.41, 5.74) is 0. The van der Waals surface area contributed by atoms with Crippen molar-refractivity contribution in [3.8, 4) is 0 Å². The fourth-order valence-corrected chi connectivity index (χ4v) is 1.94. The van der Waals surface area contributed by atoms with Crippen molar-refractivity contribution in [2.45, 2.75) is 97.1 Å². The smallest absolute Gasteiger partial charge is 0.299 e. The van der Waals surface area contributed by atoms with Gasteiger partial charge in [0.2, 0.25) is 17.3 Å². The molecule has 0 spiro atoms. The van der Waals surface area contributed by atoms with Crippen molar-refractivity contribution in [1.82, 2.24) is 0 Å². The van der Waals surface area contributed by atoms with E-state index in [-0.39, 0.29) is 56.6 Å². The fourth-order valence-electron chi connectivity index (χ4n) is 1.94. The molecule has 0 radical (unpaired) electrons. The maximum atomic E-state index is 11.5. The van der Waals surface area contributed by atoms with Crippen molar-refractivity contribution in [3.05, 3.63) is 0 Å². The first-order chi connectivity index (χ1) is 16.1. The molecule has 0 aromatic heterocycles. The van der Waals surface area contributed by atoms with Crippen LogP contribution < -0.4 is 0 Å². The number of carbonyl (C=O) groups is 6. The molecule has 0 rings (SSSR count). The van der Waals surface area contributed by atoms with Crippen molar-refractivity contribution < 1.29 is 106 Å². The summed E-state index contributed by atoms with van der Waals surface area (Å²) < 4.78 is 104. The van der Waals surface area contributed by atoms with E-state index >= 15 is 0 Å². The van der Waals surface area contributed by atoms with Crippen LogP contribution in [-0.2, 0) is 28.8 Å². The number of hydrogen-bond donors (Lipinski definition) is 0. The Morgan fingerprint density at radius 3 is 0.703 bits per heavy atom. The van der Waals surface area contributed by atoms with Crippen LogP contribution in [-0.4, -0.2) is 53.2 Å². The van der Waals surface area contributed by atoms with Crippen LogP contribution in [0.3, 0.4) is 0 Å². The van der Waals surface area contributed by atoms with Gasteiger partial charge in [-0.15, -0.1) is 0 Å². The van der Waals surface area contributed by atoms with E-state index in [9.17, 15) is 68.3 Å². The Balaban J connectivity index is -0.000000218. The number of Topliss-reactive ketones (excluding diaryl/α,β-unsaturated/α-hetero) is 6. The SMILES string of the molecule is CCCC(=O)CC(=O)C(F)(F)F.CCCC(=O)CC(=O)C(F)(F)F.CCCC(=O)CC(=O)C(F)(F)F.[Er]. The molecule has 0 aliphatic carbocycles. The summed E-state index contributed by atoms with van der Waals surface area (Å²) in [4.78, 5) is 62.3. The van der Waals surface area contributed by atoms with Crippen LogP contribution in [0.5, 0.6) is 0 Å². The average Bonchev–Trinajstić information content (AvgIpc) is 2.67. The first-order valence-electron chi connectivity index (χ1n) is 10.5. The van der Waals surface area contributed by atoms with E-state index < -0.39 is 72.5 Å². The summed E-state index contributed by atoms with van der Waals surface area (Å²) in [6.45, 7) is 4.99. The first kappa shape index (κ1) is 42.7. The number of ketones is 6. The molecule has 0 heterocycles. The number of halogens is 9. The Kier molecular flexibility index (Phi) is 23.8. The molecule has 37 heavy (non-hydrogen) atoms. The number of hydrogen-bond acceptors (Lipinski definition) is 6. The molecule has 0 saturated carbocycles. The number of rotatable bonds is 12. The van der Waals surface area contributed by atoms with Gasteiger partial charge < -0.3 is 0 Å². The minimum absolute atomic E-state index is 0. The zero-order valence-corrected chi connectivity index (χ0v) is 21.9. The van der Waals surface area contributed by atoms with Crippen LogP contribution in [0.1, 0.15) is 78.6 Å².